The molecule has 0 amide bonds. The van der Waals surface area contributed by atoms with Gasteiger partial charge < -0.3 is 4.79 Å². The monoisotopic (exact) mass is 208 g/mol. The maximum Gasteiger partial charge on any atom is 0.129 e. The summed E-state index contributed by atoms with van der Waals surface area (Å²) in [5, 5.41) is 0. The van der Waals surface area contributed by atoms with Gasteiger partial charge in [0.2, 0.25) is 0 Å². The Morgan fingerprint density at radius 2 is 2.13 bits per heavy atom. The summed E-state index contributed by atoms with van der Waals surface area (Å²) in [6.45, 7) is 5.39. The predicted octanol–water partition coefficient (Wildman–Crippen LogP) is 3.61. The van der Waals surface area contributed by atoms with Crippen LogP contribution >= 0.6 is 0 Å². The minimum atomic E-state index is -0.161. The van der Waals surface area contributed by atoms with E-state index in [0.717, 1.165) is 12.0 Å². The average Bonchev–Trinajstić information content (AvgIpc) is 2.14. The van der Waals surface area contributed by atoms with Crippen LogP contribution in [0.2, 0.25) is 0 Å². The van der Waals surface area contributed by atoms with Gasteiger partial charge in [0, 0.05) is 6.42 Å². The number of carbonyl (C=O) groups is 1. The van der Waals surface area contributed by atoms with Crippen LogP contribution in [-0.2, 0) is 4.79 Å². The molecule has 1 aromatic carbocycles. The second-order valence-corrected chi connectivity index (χ2v) is 4.17. The Labute approximate surface area is 90.3 Å². The molecule has 1 unspecified atom stereocenters. The SMILES string of the molecule is CC(=O)CCC(C)c1ccc(C)cc1F. The summed E-state index contributed by atoms with van der Waals surface area (Å²) in [6.07, 6.45) is 1.24. The van der Waals surface area contributed by atoms with Gasteiger partial charge in [-0.1, -0.05) is 19.1 Å². The number of benzene rings is 1. The van der Waals surface area contributed by atoms with Crippen LogP contribution in [0.1, 0.15) is 43.7 Å². The van der Waals surface area contributed by atoms with Gasteiger partial charge in [0.25, 0.3) is 0 Å². The number of carbonyl (C=O) groups excluding carboxylic acids is 1. The molecule has 0 fully saturated rings. The Bertz CT molecular complexity index is 358. The van der Waals surface area contributed by atoms with Crippen molar-refractivity contribution < 1.29 is 9.18 Å². The predicted molar refractivity (Wildman–Crippen MR) is 59.5 cm³/mol. The van der Waals surface area contributed by atoms with Crippen LogP contribution in [0.25, 0.3) is 0 Å². The fourth-order valence-corrected chi connectivity index (χ4v) is 1.61. The van der Waals surface area contributed by atoms with Crippen molar-refractivity contribution in [2.24, 2.45) is 0 Å². The average molecular weight is 208 g/mol. The summed E-state index contributed by atoms with van der Waals surface area (Å²) in [4.78, 5) is 10.8. The van der Waals surface area contributed by atoms with Crippen LogP contribution in [0.15, 0.2) is 18.2 Å². The molecule has 0 aliphatic rings. The van der Waals surface area contributed by atoms with E-state index in [1.54, 1.807) is 13.0 Å². The van der Waals surface area contributed by atoms with Crippen molar-refractivity contribution in [3.8, 4) is 0 Å². The van der Waals surface area contributed by atoms with Crippen LogP contribution in [0, 0.1) is 12.7 Å². The highest BCUT2D eigenvalue weighted by atomic mass is 19.1. The van der Waals surface area contributed by atoms with Crippen molar-refractivity contribution in [3.05, 3.63) is 35.1 Å². The van der Waals surface area contributed by atoms with Crippen LogP contribution in [-0.4, -0.2) is 5.78 Å². The topological polar surface area (TPSA) is 17.1 Å². The summed E-state index contributed by atoms with van der Waals surface area (Å²) >= 11 is 0. The van der Waals surface area contributed by atoms with E-state index in [1.165, 1.54) is 0 Å². The van der Waals surface area contributed by atoms with E-state index < -0.39 is 0 Å². The Hall–Kier alpha value is -1.18. The molecule has 0 saturated carbocycles. The van der Waals surface area contributed by atoms with Gasteiger partial charge in [0.15, 0.2) is 0 Å². The molecule has 2 heteroatoms. The van der Waals surface area contributed by atoms with Gasteiger partial charge in [-0.05, 0) is 43.4 Å². The molecule has 82 valence electrons. The van der Waals surface area contributed by atoms with E-state index >= 15 is 0 Å². The van der Waals surface area contributed by atoms with Crippen molar-refractivity contribution in [2.45, 2.75) is 39.5 Å². The highest BCUT2D eigenvalue weighted by Gasteiger charge is 2.11. The molecule has 0 bridgehead atoms. The summed E-state index contributed by atoms with van der Waals surface area (Å²) in [6, 6.07) is 5.26. The van der Waals surface area contributed by atoms with Crippen molar-refractivity contribution >= 4 is 5.78 Å². The zero-order valence-corrected chi connectivity index (χ0v) is 9.51. The molecule has 0 spiro atoms. The van der Waals surface area contributed by atoms with E-state index in [0.29, 0.717) is 12.0 Å². The molecule has 1 atom stereocenters. The van der Waals surface area contributed by atoms with Crippen molar-refractivity contribution in [1.82, 2.24) is 0 Å². The third-order valence-corrected chi connectivity index (χ3v) is 2.62. The first kappa shape index (κ1) is 11.9. The standard InChI is InChI=1S/C13H17FO/c1-9-4-7-12(13(14)8-9)10(2)5-6-11(3)15/h4,7-8,10H,5-6H2,1-3H3. The van der Waals surface area contributed by atoms with Gasteiger partial charge >= 0.3 is 0 Å². The number of halogens is 1. The highest BCUT2D eigenvalue weighted by molar-refractivity contribution is 5.75. The molecule has 0 heterocycles. The fraction of sp³-hybridized carbons (Fsp3) is 0.462. The molecule has 0 radical (unpaired) electrons. The fourth-order valence-electron chi connectivity index (χ4n) is 1.61. The first-order chi connectivity index (χ1) is 7.00. The lowest BCUT2D eigenvalue weighted by Gasteiger charge is -2.12. The number of hydrogen-bond donors (Lipinski definition) is 0. The Morgan fingerprint density at radius 3 is 2.67 bits per heavy atom. The Kier molecular flexibility index (Phi) is 4.01. The maximum atomic E-state index is 13.5. The van der Waals surface area contributed by atoms with Gasteiger partial charge in [0.1, 0.15) is 11.6 Å². The normalized spacial score (nSPS) is 12.5. The van der Waals surface area contributed by atoms with E-state index in [4.69, 9.17) is 0 Å². The van der Waals surface area contributed by atoms with Gasteiger partial charge in [-0.15, -0.1) is 0 Å². The number of hydrogen-bond acceptors (Lipinski definition) is 1. The third kappa shape index (κ3) is 3.46. The lowest BCUT2D eigenvalue weighted by Crippen LogP contribution is -2.00. The first-order valence-corrected chi connectivity index (χ1v) is 5.26. The molecule has 0 aromatic heterocycles. The number of ketones is 1. The van der Waals surface area contributed by atoms with E-state index in [-0.39, 0.29) is 17.5 Å². The second-order valence-electron chi connectivity index (χ2n) is 4.17. The van der Waals surface area contributed by atoms with Gasteiger partial charge in [-0.2, -0.15) is 0 Å². The molecule has 1 rings (SSSR count). The smallest absolute Gasteiger partial charge is 0.129 e. The van der Waals surface area contributed by atoms with Gasteiger partial charge in [-0.3, -0.25) is 0 Å². The minimum Gasteiger partial charge on any atom is -0.300 e. The molecular weight excluding hydrogens is 191 g/mol. The summed E-state index contributed by atoms with van der Waals surface area (Å²) in [5.41, 5.74) is 1.64. The highest BCUT2D eigenvalue weighted by Crippen LogP contribution is 2.24. The summed E-state index contributed by atoms with van der Waals surface area (Å²) < 4.78 is 13.5. The van der Waals surface area contributed by atoms with Gasteiger partial charge in [0.05, 0.1) is 0 Å². The molecule has 1 aromatic rings. The molecule has 0 saturated heterocycles. The van der Waals surface area contributed by atoms with Crippen LogP contribution < -0.4 is 0 Å². The van der Waals surface area contributed by atoms with Crippen molar-refractivity contribution in [1.29, 1.82) is 0 Å². The summed E-state index contributed by atoms with van der Waals surface area (Å²) in [7, 11) is 0. The van der Waals surface area contributed by atoms with Crippen LogP contribution in [0.3, 0.4) is 0 Å². The lowest BCUT2D eigenvalue weighted by molar-refractivity contribution is -0.117. The van der Waals surface area contributed by atoms with E-state index in [1.807, 2.05) is 26.0 Å². The van der Waals surface area contributed by atoms with E-state index in [9.17, 15) is 9.18 Å². The van der Waals surface area contributed by atoms with Gasteiger partial charge in [-0.25, -0.2) is 4.39 Å². The van der Waals surface area contributed by atoms with Crippen molar-refractivity contribution in [3.63, 3.8) is 0 Å². The zero-order chi connectivity index (χ0) is 11.4. The molecule has 0 aliphatic carbocycles. The maximum absolute atomic E-state index is 13.5. The first-order valence-electron chi connectivity index (χ1n) is 5.26. The lowest BCUT2D eigenvalue weighted by atomic mass is 9.94. The zero-order valence-electron chi connectivity index (χ0n) is 9.51. The minimum absolute atomic E-state index is 0.106. The van der Waals surface area contributed by atoms with Crippen LogP contribution in [0.5, 0.6) is 0 Å². The number of aryl methyl sites for hydroxylation is 1. The third-order valence-electron chi connectivity index (χ3n) is 2.62. The number of rotatable bonds is 4. The van der Waals surface area contributed by atoms with E-state index in [2.05, 4.69) is 0 Å². The molecule has 15 heavy (non-hydrogen) atoms. The largest absolute Gasteiger partial charge is 0.300 e. The Balaban J connectivity index is 2.73. The molecule has 1 nitrogen and oxygen atoms in total. The van der Waals surface area contributed by atoms with Crippen molar-refractivity contribution in [2.75, 3.05) is 0 Å². The number of Topliss-reactive ketones (excluding diaryl/α,β-unsaturated/α-hetero) is 1. The quantitative estimate of drug-likeness (QED) is 0.738. The molecule has 0 aliphatic heterocycles. The van der Waals surface area contributed by atoms with Crippen LogP contribution in [0.4, 0.5) is 4.39 Å². The summed E-state index contributed by atoms with van der Waals surface area (Å²) in [5.74, 6) is 0.106. The molecular formula is C13H17FO. The Morgan fingerprint density at radius 1 is 1.47 bits per heavy atom. The second kappa shape index (κ2) is 5.06. The molecule has 0 N–H and O–H groups in total.